The van der Waals surface area contributed by atoms with Crippen LogP contribution in [0.4, 0.5) is 5.82 Å². The molecule has 0 radical (unpaired) electrons. The third-order valence-electron chi connectivity index (χ3n) is 2.81. The van der Waals surface area contributed by atoms with Crippen molar-refractivity contribution in [3.63, 3.8) is 0 Å². The summed E-state index contributed by atoms with van der Waals surface area (Å²) in [5, 5.41) is 9.49. The smallest absolute Gasteiger partial charge is 0.132 e. The van der Waals surface area contributed by atoms with Crippen LogP contribution in [-0.4, -0.2) is 34.3 Å². The van der Waals surface area contributed by atoms with E-state index in [9.17, 15) is 5.11 Å². The van der Waals surface area contributed by atoms with Gasteiger partial charge in [-0.25, -0.2) is 9.97 Å². The number of anilines is 1. The Labute approximate surface area is 96.3 Å². The van der Waals surface area contributed by atoms with Crippen LogP contribution in [-0.2, 0) is 6.42 Å². The lowest BCUT2D eigenvalue weighted by Gasteiger charge is -2.17. The Balaban J connectivity index is 2.09. The third kappa shape index (κ3) is 2.70. The zero-order chi connectivity index (χ0) is 11.5. The van der Waals surface area contributed by atoms with Crippen LogP contribution in [0.2, 0.25) is 0 Å². The zero-order valence-corrected chi connectivity index (χ0v) is 9.93. The molecule has 1 aromatic heterocycles. The summed E-state index contributed by atoms with van der Waals surface area (Å²) in [6, 6.07) is 2.04. The second-order valence-corrected chi connectivity index (χ2v) is 4.85. The molecule has 0 amide bonds. The molecule has 0 spiro atoms. The van der Waals surface area contributed by atoms with E-state index in [2.05, 4.69) is 28.7 Å². The van der Waals surface area contributed by atoms with E-state index in [0.29, 0.717) is 12.5 Å². The first-order valence-corrected chi connectivity index (χ1v) is 5.89. The molecule has 1 aliphatic heterocycles. The van der Waals surface area contributed by atoms with Crippen molar-refractivity contribution in [2.75, 3.05) is 18.0 Å². The molecule has 16 heavy (non-hydrogen) atoms. The highest BCUT2D eigenvalue weighted by Gasteiger charge is 2.21. The molecule has 2 rings (SSSR count). The molecule has 0 saturated carbocycles. The van der Waals surface area contributed by atoms with Crippen molar-refractivity contribution < 1.29 is 5.11 Å². The van der Waals surface area contributed by atoms with Gasteiger partial charge in [-0.1, -0.05) is 13.8 Å². The summed E-state index contributed by atoms with van der Waals surface area (Å²) in [5.41, 5.74) is 1.08. The molecule has 4 nitrogen and oxygen atoms in total. The molecule has 0 bridgehead atoms. The van der Waals surface area contributed by atoms with Crippen LogP contribution >= 0.6 is 0 Å². The summed E-state index contributed by atoms with van der Waals surface area (Å²) in [6.07, 6.45) is 3.23. The molecule has 1 atom stereocenters. The number of aliphatic hydroxyl groups is 1. The highest BCUT2D eigenvalue weighted by Crippen LogP contribution is 2.18. The molecule has 1 N–H and O–H groups in total. The fraction of sp³-hybridized carbons (Fsp3) is 0.667. The first-order valence-electron chi connectivity index (χ1n) is 5.89. The Hall–Kier alpha value is -1.16. The van der Waals surface area contributed by atoms with E-state index in [4.69, 9.17) is 0 Å². The lowest BCUT2D eigenvalue weighted by Crippen LogP contribution is -2.22. The Morgan fingerprint density at radius 1 is 1.50 bits per heavy atom. The Morgan fingerprint density at radius 2 is 2.31 bits per heavy atom. The molecule has 1 aliphatic rings. The molecule has 1 fully saturated rings. The van der Waals surface area contributed by atoms with E-state index in [1.54, 1.807) is 6.33 Å². The van der Waals surface area contributed by atoms with Gasteiger partial charge in [-0.3, -0.25) is 0 Å². The fourth-order valence-corrected chi connectivity index (χ4v) is 2.04. The predicted octanol–water partition coefficient (Wildman–Crippen LogP) is 1.25. The number of nitrogens with zero attached hydrogens (tertiary/aromatic N) is 3. The van der Waals surface area contributed by atoms with Crippen molar-refractivity contribution in [1.82, 2.24) is 9.97 Å². The van der Waals surface area contributed by atoms with Gasteiger partial charge in [-0.2, -0.15) is 0 Å². The minimum atomic E-state index is -0.205. The molecule has 4 heteroatoms. The minimum absolute atomic E-state index is 0.205. The average molecular weight is 221 g/mol. The Kier molecular flexibility index (Phi) is 3.39. The van der Waals surface area contributed by atoms with E-state index in [1.807, 2.05) is 6.07 Å². The number of aromatic nitrogens is 2. The number of aliphatic hydroxyl groups excluding tert-OH is 1. The number of rotatable bonds is 3. The van der Waals surface area contributed by atoms with Crippen LogP contribution in [0.5, 0.6) is 0 Å². The zero-order valence-electron chi connectivity index (χ0n) is 9.93. The van der Waals surface area contributed by atoms with Crippen molar-refractivity contribution in [1.29, 1.82) is 0 Å². The number of hydrogen-bond acceptors (Lipinski definition) is 4. The standard InChI is InChI=1S/C12H19N3O/c1-9(2)5-10-6-12(14-8-13-10)15-4-3-11(16)7-15/h6,8-9,11,16H,3-5,7H2,1-2H3. The summed E-state index contributed by atoms with van der Waals surface area (Å²) in [4.78, 5) is 10.7. The van der Waals surface area contributed by atoms with Crippen LogP contribution in [0.1, 0.15) is 26.0 Å². The molecule has 0 aliphatic carbocycles. The van der Waals surface area contributed by atoms with Gasteiger partial charge in [-0.15, -0.1) is 0 Å². The van der Waals surface area contributed by atoms with Gasteiger partial charge >= 0.3 is 0 Å². The fourth-order valence-electron chi connectivity index (χ4n) is 2.04. The van der Waals surface area contributed by atoms with Gasteiger partial charge in [0.1, 0.15) is 12.1 Å². The van der Waals surface area contributed by atoms with Crippen LogP contribution in [0, 0.1) is 5.92 Å². The quantitative estimate of drug-likeness (QED) is 0.834. The van der Waals surface area contributed by atoms with E-state index in [-0.39, 0.29) is 6.10 Å². The van der Waals surface area contributed by atoms with Gasteiger partial charge in [-0.05, 0) is 18.8 Å². The lowest BCUT2D eigenvalue weighted by molar-refractivity contribution is 0.198. The second-order valence-electron chi connectivity index (χ2n) is 4.85. The largest absolute Gasteiger partial charge is 0.391 e. The van der Waals surface area contributed by atoms with Crippen LogP contribution in [0.3, 0.4) is 0 Å². The minimum Gasteiger partial charge on any atom is -0.391 e. The molecule has 1 aromatic rings. The van der Waals surface area contributed by atoms with Gasteiger partial charge < -0.3 is 10.0 Å². The summed E-state index contributed by atoms with van der Waals surface area (Å²) >= 11 is 0. The van der Waals surface area contributed by atoms with Crippen molar-refractivity contribution >= 4 is 5.82 Å². The maximum atomic E-state index is 9.49. The molecular formula is C12H19N3O. The maximum Gasteiger partial charge on any atom is 0.132 e. The SMILES string of the molecule is CC(C)Cc1cc(N2CCC(O)C2)ncn1. The van der Waals surface area contributed by atoms with Gasteiger partial charge in [0.2, 0.25) is 0 Å². The Bertz CT molecular complexity index is 354. The normalized spacial score (nSPS) is 20.8. The van der Waals surface area contributed by atoms with Crippen molar-refractivity contribution in [3.8, 4) is 0 Å². The summed E-state index contributed by atoms with van der Waals surface area (Å²) in [7, 11) is 0. The summed E-state index contributed by atoms with van der Waals surface area (Å²) < 4.78 is 0. The first kappa shape index (κ1) is 11.3. The van der Waals surface area contributed by atoms with E-state index in [1.165, 1.54) is 0 Å². The maximum absolute atomic E-state index is 9.49. The van der Waals surface area contributed by atoms with E-state index < -0.39 is 0 Å². The average Bonchev–Trinajstić information content (AvgIpc) is 2.64. The highest BCUT2D eigenvalue weighted by atomic mass is 16.3. The number of β-amino-alcohol motifs (C(OH)–C–C–N with tert-alkyl or cyclic N) is 1. The van der Waals surface area contributed by atoms with Gasteiger partial charge in [0, 0.05) is 24.8 Å². The lowest BCUT2D eigenvalue weighted by atomic mass is 10.1. The van der Waals surface area contributed by atoms with Crippen LogP contribution in [0.25, 0.3) is 0 Å². The monoisotopic (exact) mass is 221 g/mol. The topological polar surface area (TPSA) is 49.2 Å². The molecule has 1 saturated heterocycles. The third-order valence-corrected chi connectivity index (χ3v) is 2.81. The number of hydrogen-bond donors (Lipinski definition) is 1. The van der Waals surface area contributed by atoms with E-state index in [0.717, 1.165) is 30.9 Å². The summed E-state index contributed by atoms with van der Waals surface area (Å²) in [6.45, 7) is 5.94. The molecule has 2 heterocycles. The van der Waals surface area contributed by atoms with Crippen LogP contribution in [0.15, 0.2) is 12.4 Å². The molecular weight excluding hydrogens is 202 g/mol. The van der Waals surface area contributed by atoms with Crippen molar-refractivity contribution in [2.24, 2.45) is 5.92 Å². The van der Waals surface area contributed by atoms with Crippen molar-refractivity contribution in [2.45, 2.75) is 32.8 Å². The van der Waals surface area contributed by atoms with E-state index >= 15 is 0 Å². The van der Waals surface area contributed by atoms with Gasteiger partial charge in [0.25, 0.3) is 0 Å². The first-order chi connectivity index (χ1) is 7.65. The second kappa shape index (κ2) is 4.78. The summed E-state index contributed by atoms with van der Waals surface area (Å²) in [5.74, 6) is 1.55. The predicted molar refractivity (Wildman–Crippen MR) is 63.4 cm³/mol. The Morgan fingerprint density at radius 3 is 2.94 bits per heavy atom. The molecule has 88 valence electrons. The van der Waals surface area contributed by atoms with Crippen molar-refractivity contribution in [3.05, 3.63) is 18.1 Å². The molecule has 1 unspecified atom stereocenters. The van der Waals surface area contributed by atoms with Gasteiger partial charge in [0.05, 0.1) is 6.10 Å². The highest BCUT2D eigenvalue weighted by molar-refractivity contribution is 5.40. The van der Waals surface area contributed by atoms with Gasteiger partial charge in [0.15, 0.2) is 0 Å². The van der Waals surface area contributed by atoms with Crippen LogP contribution < -0.4 is 4.90 Å². The molecule has 0 aromatic carbocycles.